The molecular formula is C12H20N4O. The molecule has 1 saturated carbocycles. The van der Waals surface area contributed by atoms with Crippen molar-refractivity contribution < 1.29 is 4.74 Å². The smallest absolute Gasteiger partial charge is 0.242 e. The number of hydrogen-bond acceptors (Lipinski definition) is 5. The van der Waals surface area contributed by atoms with Gasteiger partial charge in [-0.05, 0) is 39.5 Å². The van der Waals surface area contributed by atoms with E-state index in [0.29, 0.717) is 23.4 Å². The molecule has 1 heterocycles. The molecule has 1 aromatic rings. The summed E-state index contributed by atoms with van der Waals surface area (Å²) in [5, 5.41) is 3.33. The first-order valence-electron chi connectivity index (χ1n) is 6.11. The van der Waals surface area contributed by atoms with Gasteiger partial charge in [-0.1, -0.05) is 0 Å². The summed E-state index contributed by atoms with van der Waals surface area (Å²) in [6, 6.07) is 0.402. The maximum absolute atomic E-state index is 5.99. The second kappa shape index (κ2) is 4.77. The van der Waals surface area contributed by atoms with Gasteiger partial charge >= 0.3 is 0 Å². The number of ether oxygens (including phenoxy) is 1. The van der Waals surface area contributed by atoms with Crippen LogP contribution in [0.2, 0.25) is 0 Å². The number of anilines is 2. The van der Waals surface area contributed by atoms with E-state index in [0.717, 1.165) is 5.92 Å². The Hall–Kier alpha value is -1.52. The van der Waals surface area contributed by atoms with E-state index in [9.17, 15) is 0 Å². The molecule has 5 nitrogen and oxygen atoms in total. The Balaban J connectivity index is 2.10. The third-order valence-corrected chi connectivity index (χ3v) is 2.89. The Labute approximate surface area is 102 Å². The minimum atomic E-state index is 0.0564. The summed E-state index contributed by atoms with van der Waals surface area (Å²) in [4.78, 5) is 8.22. The van der Waals surface area contributed by atoms with Gasteiger partial charge in [-0.15, -0.1) is 0 Å². The molecule has 2 rings (SSSR count). The lowest BCUT2D eigenvalue weighted by Crippen LogP contribution is -2.20. The second-order valence-corrected chi connectivity index (χ2v) is 4.88. The first-order valence-corrected chi connectivity index (χ1v) is 6.11. The highest BCUT2D eigenvalue weighted by Crippen LogP contribution is 2.35. The molecule has 3 N–H and O–H groups in total. The summed E-state index contributed by atoms with van der Waals surface area (Å²) in [5.74, 6) is 1.88. The lowest BCUT2D eigenvalue weighted by molar-refractivity contribution is 0.234. The summed E-state index contributed by atoms with van der Waals surface area (Å²) < 4.78 is 5.53. The van der Waals surface area contributed by atoms with Crippen molar-refractivity contribution in [3.63, 3.8) is 0 Å². The van der Waals surface area contributed by atoms with Crippen molar-refractivity contribution in [1.82, 2.24) is 9.97 Å². The molecule has 0 aromatic carbocycles. The van der Waals surface area contributed by atoms with Crippen LogP contribution < -0.4 is 15.8 Å². The van der Waals surface area contributed by atoms with Crippen LogP contribution in [0.15, 0.2) is 6.33 Å². The zero-order valence-corrected chi connectivity index (χ0v) is 10.6. The predicted molar refractivity (Wildman–Crippen MR) is 68.0 cm³/mol. The molecule has 1 aliphatic rings. The van der Waals surface area contributed by atoms with Gasteiger partial charge in [0.2, 0.25) is 5.88 Å². The van der Waals surface area contributed by atoms with Gasteiger partial charge in [-0.2, -0.15) is 4.98 Å². The molecule has 1 atom stereocenters. The third kappa shape index (κ3) is 2.99. The Bertz CT molecular complexity index is 390. The monoisotopic (exact) mass is 236 g/mol. The van der Waals surface area contributed by atoms with Crippen molar-refractivity contribution in [2.75, 3.05) is 11.1 Å². The lowest BCUT2D eigenvalue weighted by Gasteiger charge is -2.17. The standard InChI is InChI=1S/C12H20N4O/c1-7(2)17-12-10(13)11(14-6-15-12)16-8(3)9-4-5-9/h6-9H,4-5,13H2,1-3H3,(H,14,15,16). The summed E-state index contributed by atoms with van der Waals surface area (Å²) in [7, 11) is 0. The largest absolute Gasteiger partial charge is 0.473 e. The molecule has 0 radical (unpaired) electrons. The maximum atomic E-state index is 5.99. The Morgan fingerprint density at radius 3 is 2.65 bits per heavy atom. The van der Waals surface area contributed by atoms with Gasteiger partial charge in [0.25, 0.3) is 0 Å². The number of aromatic nitrogens is 2. The summed E-state index contributed by atoms with van der Waals surface area (Å²) >= 11 is 0. The molecule has 1 aromatic heterocycles. The number of rotatable bonds is 5. The van der Waals surface area contributed by atoms with Gasteiger partial charge in [-0.25, -0.2) is 4.98 Å². The van der Waals surface area contributed by atoms with E-state index >= 15 is 0 Å². The highest BCUT2D eigenvalue weighted by atomic mass is 16.5. The van der Waals surface area contributed by atoms with Gasteiger partial charge < -0.3 is 15.8 Å². The number of nitrogens with one attached hydrogen (secondary N) is 1. The van der Waals surface area contributed by atoms with Crippen LogP contribution in [0.5, 0.6) is 5.88 Å². The molecule has 1 aliphatic carbocycles. The van der Waals surface area contributed by atoms with Gasteiger partial charge in [0.15, 0.2) is 5.82 Å². The Kier molecular flexibility index (Phi) is 3.36. The van der Waals surface area contributed by atoms with Crippen molar-refractivity contribution in [2.45, 2.75) is 45.8 Å². The van der Waals surface area contributed by atoms with Gasteiger partial charge in [-0.3, -0.25) is 0 Å². The van der Waals surface area contributed by atoms with E-state index in [1.165, 1.54) is 19.2 Å². The third-order valence-electron chi connectivity index (χ3n) is 2.89. The van der Waals surface area contributed by atoms with Gasteiger partial charge in [0.1, 0.15) is 12.0 Å². The predicted octanol–water partition coefficient (Wildman–Crippen LogP) is 2.06. The van der Waals surface area contributed by atoms with E-state index < -0.39 is 0 Å². The SMILES string of the molecule is CC(C)Oc1ncnc(NC(C)C2CC2)c1N. The van der Waals surface area contributed by atoms with Crippen molar-refractivity contribution in [1.29, 1.82) is 0 Å². The molecular weight excluding hydrogens is 216 g/mol. The van der Waals surface area contributed by atoms with E-state index in [2.05, 4.69) is 22.2 Å². The number of nitrogens with zero attached hydrogens (tertiary/aromatic N) is 2. The van der Waals surface area contributed by atoms with Crippen LogP contribution in [-0.4, -0.2) is 22.1 Å². The minimum absolute atomic E-state index is 0.0564. The Morgan fingerprint density at radius 1 is 1.35 bits per heavy atom. The Morgan fingerprint density at radius 2 is 2.06 bits per heavy atom. The highest BCUT2D eigenvalue weighted by molar-refractivity contribution is 5.66. The van der Waals surface area contributed by atoms with Crippen LogP contribution in [0.3, 0.4) is 0 Å². The molecule has 0 spiro atoms. The van der Waals surface area contributed by atoms with E-state index in [1.807, 2.05) is 13.8 Å². The lowest BCUT2D eigenvalue weighted by atomic mass is 10.2. The van der Waals surface area contributed by atoms with Crippen LogP contribution in [-0.2, 0) is 0 Å². The van der Waals surface area contributed by atoms with E-state index in [1.54, 1.807) is 0 Å². The second-order valence-electron chi connectivity index (χ2n) is 4.88. The van der Waals surface area contributed by atoms with Crippen LogP contribution in [0.1, 0.15) is 33.6 Å². The fourth-order valence-electron chi connectivity index (χ4n) is 1.74. The molecule has 94 valence electrons. The van der Waals surface area contributed by atoms with Crippen LogP contribution >= 0.6 is 0 Å². The molecule has 5 heteroatoms. The van der Waals surface area contributed by atoms with Gasteiger partial charge in [0.05, 0.1) is 6.10 Å². The van der Waals surface area contributed by atoms with Crippen LogP contribution in [0, 0.1) is 5.92 Å². The maximum Gasteiger partial charge on any atom is 0.242 e. The average Bonchev–Trinajstić information content (AvgIpc) is 3.06. The molecule has 0 amide bonds. The summed E-state index contributed by atoms with van der Waals surface area (Å²) in [6.07, 6.45) is 4.11. The molecule has 0 saturated heterocycles. The highest BCUT2D eigenvalue weighted by Gasteiger charge is 2.28. The average molecular weight is 236 g/mol. The topological polar surface area (TPSA) is 73.1 Å². The first kappa shape index (κ1) is 12.0. The minimum Gasteiger partial charge on any atom is -0.473 e. The number of hydrogen-bond donors (Lipinski definition) is 2. The van der Waals surface area contributed by atoms with E-state index in [-0.39, 0.29) is 6.10 Å². The van der Waals surface area contributed by atoms with Crippen LogP contribution in [0.25, 0.3) is 0 Å². The molecule has 17 heavy (non-hydrogen) atoms. The molecule has 0 aliphatic heterocycles. The van der Waals surface area contributed by atoms with Crippen molar-refractivity contribution in [3.05, 3.63) is 6.33 Å². The first-order chi connectivity index (χ1) is 8.08. The van der Waals surface area contributed by atoms with Gasteiger partial charge in [0, 0.05) is 6.04 Å². The number of nitrogens with two attached hydrogens (primary N) is 1. The number of nitrogen functional groups attached to an aromatic ring is 1. The summed E-state index contributed by atoms with van der Waals surface area (Å²) in [5.41, 5.74) is 6.48. The van der Waals surface area contributed by atoms with E-state index in [4.69, 9.17) is 10.5 Å². The molecule has 1 unspecified atom stereocenters. The van der Waals surface area contributed by atoms with Crippen molar-refractivity contribution in [2.24, 2.45) is 5.92 Å². The zero-order valence-electron chi connectivity index (χ0n) is 10.6. The fraction of sp³-hybridized carbons (Fsp3) is 0.667. The zero-order chi connectivity index (χ0) is 12.4. The molecule has 1 fully saturated rings. The van der Waals surface area contributed by atoms with Crippen molar-refractivity contribution in [3.8, 4) is 5.88 Å². The van der Waals surface area contributed by atoms with Crippen molar-refractivity contribution >= 4 is 11.5 Å². The summed E-state index contributed by atoms with van der Waals surface area (Å²) in [6.45, 7) is 6.05. The normalized spacial score (nSPS) is 16.9. The molecule has 0 bridgehead atoms. The van der Waals surface area contributed by atoms with Crippen LogP contribution in [0.4, 0.5) is 11.5 Å². The quantitative estimate of drug-likeness (QED) is 0.818. The fourth-order valence-corrected chi connectivity index (χ4v) is 1.74.